The third-order valence-electron chi connectivity index (χ3n) is 3.94. The molecule has 0 saturated heterocycles. The van der Waals surface area contributed by atoms with Crippen molar-refractivity contribution in [2.75, 3.05) is 6.54 Å². The van der Waals surface area contributed by atoms with Crippen molar-refractivity contribution >= 4 is 9.84 Å². The van der Waals surface area contributed by atoms with Gasteiger partial charge in [0.2, 0.25) is 0 Å². The third-order valence-corrected chi connectivity index (χ3v) is 6.66. The van der Waals surface area contributed by atoms with Crippen LogP contribution in [0.3, 0.4) is 0 Å². The summed E-state index contributed by atoms with van der Waals surface area (Å²) in [7, 11) is -2.98. The molecule has 18 heavy (non-hydrogen) atoms. The molecule has 0 heterocycles. The van der Waals surface area contributed by atoms with E-state index in [2.05, 4.69) is 12.2 Å². The fraction of sp³-hybridized carbons (Fsp3) is 1.00. The molecule has 0 amide bonds. The lowest BCUT2D eigenvalue weighted by Crippen LogP contribution is -2.47. The minimum absolute atomic E-state index is 0.164. The van der Waals surface area contributed by atoms with Gasteiger partial charge in [0.15, 0.2) is 9.84 Å². The van der Waals surface area contributed by atoms with E-state index in [0.29, 0.717) is 0 Å². The quantitative estimate of drug-likeness (QED) is 0.839. The van der Waals surface area contributed by atoms with Crippen LogP contribution in [0.15, 0.2) is 0 Å². The monoisotopic (exact) mass is 275 g/mol. The Bertz CT molecular complexity index is 323. The Morgan fingerprint density at radius 2 is 1.72 bits per heavy atom. The average Bonchev–Trinajstić information content (AvgIpc) is 2.27. The molecule has 4 heteroatoms. The Hall–Kier alpha value is -0.0900. The minimum atomic E-state index is -2.98. The highest BCUT2D eigenvalue weighted by Gasteiger charge is 2.35. The molecule has 0 aliphatic heterocycles. The van der Waals surface area contributed by atoms with Crippen LogP contribution in [0.2, 0.25) is 0 Å². The summed E-state index contributed by atoms with van der Waals surface area (Å²) in [6.07, 6.45) is 7.55. The zero-order chi connectivity index (χ0) is 13.6. The Kier molecular flexibility index (Phi) is 6.64. The molecule has 0 radical (unpaired) electrons. The van der Waals surface area contributed by atoms with Gasteiger partial charge < -0.3 is 5.32 Å². The lowest BCUT2D eigenvalue weighted by atomic mass is 9.96. The Morgan fingerprint density at radius 3 is 2.28 bits per heavy atom. The first-order valence-electron chi connectivity index (χ1n) is 7.46. The molecular formula is C14H29NO2S. The van der Waals surface area contributed by atoms with Crippen LogP contribution in [0, 0.1) is 0 Å². The van der Waals surface area contributed by atoms with Gasteiger partial charge in [0.25, 0.3) is 0 Å². The molecular weight excluding hydrogens is 246 g/mol. The topological polar surface area (TPSA) is 46.2 Å². The van der Waals surface area contributed by atoms with Crippen molar-refractivity contribution in [3.05, 3.63) is 0 Å². The number of hydrogen-bond acceptors (Lipinski definition) is 3. The zero-order valence-corrected chi connectivity index (χ0v) is 12.9. The van der Waals surface area contributed by atoms with Gasteiger partial charge in [-0.25, -0.2) is 8.42 Å². The van der Waals surface area contributed by atoms with Gasteiger partial charge in [0.1, 0.15) is 0 Å². The predicted molar refractivity (Wildman–Crippen MR) is 77.6 cm³/mol. The first-order valence-corrected chi connectivity index (χ1v) is 9.07. The molecule has 1 saturated carbocycles. The maximum atomic E-state index is 12.5. The summed E-state index contributed by atoms with van der Waals surface area (Å²) < 4.78 is 25.0. The second-order valence-corrected chi connectivity index (χ2v) is 8.45. The standard InChI is InChI=1S/C14H29NO2S/c1-4-11-15-13-9-7-5-6-8-10-14(13)18(16,17)12(2)3/h12-15H,4-11H2,1-3H3. The van der Waals surface area contributed by atoms with Crippen molar-refractivity contribution in [1.82, 2.24) is 5.32 Å². The fourth-order valence-electron chi connectivity index (χ4n) is 2.76. The van der Waals surface area contributed by atoms with Gasteiger partial charge in [0.05, 0.1) is 10.5 Å². The lowest BCUT2D eigenvalue weighted by molar-refractivity contribution is 0.386. The van der Waals surface area contributed by atoms with Crippen LogP contribution < -0.4 is 5.32 Å². The van der Waals surface area contributed by atoms with E-state index in [4.69, 9.17) is 0 Å². The van der Waals surface area contributed by atoms with Gasteiger partial charge in [0, 0.05) is 6.04 Å². The summed E-state index contributed by atoms with van der Waals surface area (Å²) in [6.45, 7) is 6.67. The van der Waals surface area contributed by atoms with Crippen molar-refractivity contribution in [3.8, 4) is 0 Å². The van der Waals surface area contributed by atoms with E-state index in [9.17, 15) is 8.42 Å². The van der Waals surface area contributed by atoms with E-state index in [1.165, 1.54) is 12.8 Å². The van der Waals surface area contributed by atoms with E-state index < -0.39 is 9.84 Å². The first kappa shape index (κ1) is 16.0. The van der Waals surface area contributed by atoms with Gasteiger partial charge in [-0.1, -0.05) is 32.6 Å². The van der Waals surface area contributed by atoms with Crippen molar-refractivity contribution in [1.29, 1.82) is 0 Å². The highest BCUT2D eigenvalue weighted by molar-refractivity contribution is 7.92. The molecule has 2 unspecified atom stereocenters. The fourth-order valence-corrected chi connectivity index (χ4v) is 4.64. The molecule has 1 aliphatic rings. The van der Waals surface area contributed by atoms with Gasteiger partial charge in [-0.2, -0.15) is 0 Å². The zero-order valence-electron chi connectivity index (χ0n) is 12.1. The predicted octanol–water partition coefficient (Wildman–Crippen LogP) is 2.90. The molecule has 0 aromatic carbocycles. The molecule has 3 nitrogen and oxygen atoms in total. The van der Waals surface area contributed by atoms with E-state index in [1.54, 1.807) is 0 Å². The summed E-state index contributed by atoms with van der Waals surface area (Å²) in [4.78, 5) is 0. The van der Waals surface area contributed by atoms with Crippen LogP contribution >= 0.6 is 0 Å². The summed E-state index contributed by atoms with van der Waals surface area (Å²) in [5, 5.41) is 3.04. The molecule has 1 rings (SSSR count). The SMILES string of the molecule is CCCNC1CCCCCCC1S(=O)(=O)C(C)C. The summed E-state index contributed by atoms with van der Waals surface area (Å²) in [6, 6.07) is 0.164. The third kappa shape index (κ3) is 4.23. The second-order valence-electron chi connectivity index (χ2n) is 5.73. The normalized spacial score (nSPS) is 26.9. The Morgan fingerprint density at radius 1 is 1.11 bits per heavy atom. The van der Waals surface area contributed by atoms with Crippen LogP contribution in [-0.2, 0) is 9.84 Å². The summed E-state index contributed by atoms with van der Waals surface area (Å²) >= 11 is 0. The van der Waals surface area contributed by atoms with Crippen LogP contribution in [0.25, 0.3) is 0 Å². The number of rotatable bonds is 5. The maximum Gasteiger partial charge on any atom is 0.156 e. The highest BCUT2D eigenvalue weighted by atomic mass is 32.2. The Balaban J connectivity index is 2.83. The first-order chi connectivity index (χ1) is 8.50. The number of hydrogen-bond donors (Lipinski definition) is 1. The van der Waals surface area contributed by atoms with Crippen LogP contribution in [-0.4, -0.2) is 31.5 Å². The van der Waals surface area contributed by atoms with Gasteiger partial charge in [-0.05, 0) is 39.7 Å². The van der Waals surface area contributed by atoms with E-state index in [0.717, 1.165) is 38.6 Å². The number of nitrogens with one attached hydrogen (secondary N) is 1. The minimum Gasteiger partial charge on any atom is -0.313 e. The molecule has 0 spiro atoms. The van der Waals surface area contributed by atoms with Crippen LogP contribution in [0.1, 0.15) is 65.7 Å². The van der Waals surface area contributed by atoms with E-state index in [1.807, 2.05) is 13.8 Å². The second kappa shape index (κ2) is 7.49. The molecule has 0 bridgehead atoms. The van der Waals surface area contributed by atoms with E-state index in [-0.39, 0.29) is 16.5 Å². The van der Waals surface area contributed by atoms with Gasteiger partial charge in [-0.15, -0.1) is 0 Å². The van der Waals surface area contributed by atoms with Crippen molar-refractivity contribution in [2.24, 2.45) is 0 Å². The summed E-state index contributed by atoms with van der Waals surface area (Å²) in [5.74, 6) is 0. The summed E-state index contributed by atoms with van der Waals surface area (Å²) in [5.41, 5.74) is 0. The highest BCUT2D eigenvalue weighted by Crippen LogP contribution is 2.25. The maximum absolute atomic E-state index is 12.5. The van der Waals surface area contributed by atoms with Crippen molar-refractivity contribution in [3.63, 3.8) is 0 Å². The average molecular weight is 275 g/mol. The van der Waals surface area contributed by atoms with Crippen molar-refractivity contribution < 1.29 is 8.42 Å². The Labute approximate surface area is 113 Å². The molecule has 1 fully saturated rings. The molecule has 1 aliphatic carbocycles. The van der Waals surface area contributed by atoms with Gasteiger partial charge in [-0.3, -0.25) is 0 Å². The van der Waals surface area contributed by atoms with Crippen LogP contribution in [0.4, 0.5) is 0 Å². The molecule has 2 atom stereocenters. The van der Waals surface area contributed by atoms with Gasteiger partial charge >= 0.3 is 0 Å². The van der Waals surface area contributed by atoms with E-state index >= 15 is 0 Å². The van der Waals surface area contributed by atoms with Crippen LogP contribution in [0.5, 0.6) is 0 Å². The lowest BCUT2D eigenvalue weighted by Gasteiger charge is -2.31. The molecule has 0 aromatic heterocycles. The van der Waals surface area contributed by atoms with Crippen molar-refractivity contribution in [2.45, 2.75) is 82.3 Å². The number of sulfone groups is 1. The smallest absolute Gasteiger partial charge is 0.156 e. The molecule has 1 N–H and O–H groups in total. The molecule has 108 valence electrons. The largest absolute Gasteiger partial charge is 0.313 e. The molecule has 0 aromatic rings.